The lowest BCUT2D eigenvalue weighted by Crippen LogP contribution is -2.34. The molecule has 0 spiro atoms. The summed E-state index contributed by atoms with van der Waals surface area (Å²) >= 11 is 0.545. The van der Waals surface area contributed by atoms with Gasteiger partial charge in [-0.3, -0.25) is 4.79 Å². The molecule has 0 atom stereocenters. The number of nitrogens with one attached hydrogen (secondary N) is 4. The van der Waals surface area contributed by atoms with Crippen molar-refractivity contribution in [2.75, 3.05) is 59.2 Å². The van der Waals surface area contributed by atoms with Gasteiger partial charge in [-0.25, -0.2) is 13.9 Å². The van der Waals surface area contributed by atoms with Crippen LogP contribution in [0.5, 0.6) is 0 Å². The number of hydrogen-bond acceptors (Lipinski definition) is 13. The first-order valence-electron chi connectivity index (χ1n) is 13.8. The van der Waals surface area contributed by atoms with Gasteiger partial charge in [0.05, 0.1) is 6.61 Å². The Bertz CT molecular complexity index is 648. The van der Waals surface area contributed by atoms with E-state index < -0.39 is 18.3 Å². The number of alkyl carbamates (subject to hydrolysis) is 2. The average molecular weight is 615 g/mol. The fourth-order valence-electron chi connectivity index (χ4n) is 2.53. The predicted octanol–water partition coefficient (Wildman–Crippen LogP) is 1.29. The van der Waals surface area contributed by atoms with Crippen LogP contribution in [0.15, 0.2) is 0 Å². The minimum absolute atomic E-state index is 0.0802. The second kappa shape index (κ2) is 37.2. The lowest BCUT2D eigenvalue weighted by atomic mass is 10.3. The molecule has 0 aromatic rings. The van der Waals surface area contributed by atoms with Crippen molar-refractivity contribution in [1.29, 1.82) is 1.12 Å². The Kier molecular flexibility index (Phi) is 36.6. The Morgan fingerprint density at radius 1 is 0.829 bits per heavy atom. The third kappa shape index (κ3) is 37.2. The van der Waals surface area contributed by atoms with E-state index in [-0.39, 0.29) is 32.1 Å². The highest BCUT2D eigenvalue weighted by molar-refractivity contribution is 7.75. The molecular formula is C25H48N4O11S. The van der Waals surface area contributed by atoms with E-state index >= 15 is 0 Å². The van der Waals surface area contributed by atoms with Gasteiger partial charge >= 0.3 is 12.2 Å². The number of hydrogen-bond donors (Lipinski definition) is 5. The zero-order chi connectivity index (χ0) is 32.1. The smallest absolute Gasteiger partial charge is 0.407 e. The number of rotatable bonds is 25. The first-order valence-corrected chi connectivity index (χ1v) is 13.7. The van der Waals surface area contributed by atoms with Gasteiger partial charge < -0.3 is 49.3 Å². The number of thiol groups is 1. The van der Waals surface area contributed by atoms with Crippen LogP contribution in [0.25, 0.3) is 0 Å². The molecular weight excluding hydrogens is 564 g/mol. The molecule has 3 amide bonds. The fraction of sp³-hybridized carbons (Fsp3) is 0.760. The number of aldehydes is 2. The molecule has 4 N–H and O–H groups in total. The van der Waals surface area contributed by atoms with Crippen molar-refractivity contribution in [1.82, 2.24) is 21.4 Å². The molecule has 0 aromatic heterocycles. The molecule has 240 valence electrons. The molecule has 0 bridgehead atoms. The minimum atomic E-state index is -0.633. The molecule has 0 aliphatic carbocycles. The lowest BCUT2D eigenvalue weighted by molar-refractivity contribution is -0.121. The summed E-state index contributed by atoms with van der Waals surface area (Å²) in [4.78, 5) is 62.4. The van der Waals surface area contributed by atoms with Gasteiger partial charge in [0.15, 0.2) is 0 Å². The van der Waals surface area contributed by atoms with Crippen LogP contribution in [0.1, 0.15) is 58.8 Å². The van der Waals surface area contributed by atoms with E-state index in [2.05, 4.69) is 25.7 Å². The maximum absolute atomic E-state index is 11.6. The highest BCUT2D eigenvalue weighted by Gasteiger charge is 2.15. The third-order valence-corrected chi connectivity index (χ3v) is 4.54. The van der Waals surface area contributed by atoms with Crippen LogP contribution < -0.4 is 21.4 Å². The van der Waals surface area contributed by atoms with Crippen molar-refractivity contribution in [2.45, 2.75) is 64.9 Å². The van der Waals surface area contributed by atoms with Crippen LogP contribution in [-0.4, -0.2) is 104 Å². The standard InChI is InChI=1S/C17H31N3O7.C7H15NO3S.CH2O/c1-3-18-16(23)26-12-14(13-27-17(24)19-4-2)25-11-7-8-15(22)20-9-5-6-10-21;9-5-3-7-10-6-2-1-4-8-11-12;1-2/h10,14H,3-9,11-13H2,1-2H3,(H,18,23)(H,19,24)(H,20,22);5,8,12H,1-4,6-7H2;1H2/i/hT. The van der Waals surface area contributed by atoms with Gasteiger partial charge in [0.2, 0.25) is 5.91 Å². The summed E-state index contributed by atoms with van der Waals surface area (Å²) in [5.74, 6) is -0.127. The Hall–Kier alpha value is -2.79. The molecule has 41 heavy (non-hydrogen) atoms. The number of carbonyl (C=O) groups is 6. The molecule has 0 aromatic carbocycles. The molecule has 0 fully saturated rings. The summed E-state index contributed by atoms with van der Waals surface area (Å²) in [6.45, 7) is 8.82. The normalized spacial score (nSPS) is 10.1. The fourth-order valence-corrected chi connectivity index (χ4v) is 2.62. The number of amides is 3. The number of hydroxylamine groups is 1. The van der Waals surface area contributed by atoms with E-state index in [0.717, 1.165) is 25.4 Å². The van der Waals surface area contributed by atoms with E-state index in [1.54, 1.807) is 13.8 Å². The third-order valence-electron chi connectivity index (χ3n) is 4.42. The van der Waals surface area contributed by atoms with E-state index in [9.17, 15) is 24.0 Å². The van der Waals surface area contributed by atoms with Gasteiger partial charge in [0.1, 0.15) is 39.8 Å². The Labute approximate surface area is 249 Å². The second-order valence-electron chi connectivity index (χ2n) is 7.77. The van der Waals surface area contributed by atoms with Gasteiger partial charge in [-0.15, -0.1) is 0 Å². The highest BCUT2D eigenvalue weighted by atomic mass is 32.1. The van der Waals surface area contributed by atoms with Crippen molar-refractivity contribution in [3.05, 3.63) is 0 Å². The van der Waals surface area contributed by atoms with E-state index in [4.69, 9.17) is 24.9 Å². The van der Waals surface area contributed by atoms with Crippen molar-refractivity contribution in [3.63, 3.8) is 0 Å². The van der Waals surface area contributed by atoms with Gasteiger partial charge in [0.25, 0.3) is 0 Å². The summed E-state index contributed by atoms with van der Waals surface area (Å²) in [6.07, 6.45) is 3.94. The summed E-state index contributed by atoms with van der Waals surface area (Å²) in [5.41, 5.74) is 2.60. The highest BCUT2D eigenvalue weighted by Crippen LogP contribution is 2.00. The van der Waals surface area contributed by atoms with Crippen LogP contribution in [0.2, 0.25) is 0 Å². The Morgan fingerprint density at radius 3 is 2.02 bits per heavy atom. The lowest BCUT2D eigenvalue weighted by Gasteiger charge is -2.18. The molecule has 0 heterocycles. The summed E-state index contributed by atoms with van der Waals surface area (Å²) in [5, 5.41) is 7.68. The maximum atomic E-state index is 11.6. The minimum Gasteiger partial charge on any atom is -0.447 e. The van der Waals surface area contributed by atoms with Crippen LogP contribution >= 0.6 is 12.8 Å². The Morgan fingerprint density at radius 2 is 1.46 bits per heavy atom. The van der Waals surface area contributed by atoms with E-state index in [0.29, 0.717) is 77.9 Å². The van der Waals surface area contributed by atoms with Crippen LogP contribution in [0.4, 0.5) is 9.59 Å². The van der Waals surface area contributed by atoms with Gasteiger partial charge in [-0.2, -0.15) is 5.48 Å². The average Bonchev–Trinajstić information content (AvgIpc) is 2.99. The van der Waals surface area contributed by atoms with E-state index in [1.807, 2.05) is 6.79 Å². The van der Waals surface area contributed by atoms with Crippen LogP contribution in [0.3, 0.4) is 0 Å². The zero-order valence-corrected chi connectivity index (χ0v) is 25.0. The molecule has 0 radical (unpaired) electrons. The largest absolute Gasteiger partial charge is 0.447 e. The zero-order valence-electron chi connectivity index (χ0n) is 25.2. The molecule has 0 saturated carbocycles. The van der Waals surface area contributed by atoms with Gasteiger partial charge in [-0.1, -0.05) is 0 Å². The maximum Gasteiger partial charge on any atom is 0.407 e. The van der Waals surface area contributed by atoms with Gasteiger partial charge in [-0.05, 0) is 52.3 Å². The van der Waals surface area contributed by atoms with Crippen molar-refractivity contribution < 1.29 is 52.0 Å². The summed E-state index contributed by atoms with van der Waals surface area (Å²) < 4.78 is 31.8. The monoisotopic (exact) mass is 614 g/mol. The van der Waals surface area contributed by atoms with Crippen molar-refractivity contribution >= 4 is 50.3 Å². The van der Waals surface area contributed by atoms with Crippen LogP contribution in [0, 0.1) is 0 Å². The molecule has 0 aliphatic heterocycles. The first kappa shape index (κ1) is 40.3. The van der Waals surface area contributed by atoms with Crippen molar-refractivity contribution in [3.8, 4) is 0 Å². The topological polar surface area (TPSA) is 197 Å². The number of unbranched alkanes of at least 4 members (excludes halogenated alkanes) is 2. The van der Waals surface area contributed by atoms with E-state index in [1.165, 1.54) is 0 Å². The molecule has 15 nitrogen and oxygen atoms in total. The summed E-state index contributed by atoms with van der Waals surface area (Å²) in [7, 11) is 0. The molecule has 0 aliphatic rings. The molecule has 0 unspecified atom stereocenters. The van der Waals surface area contributed by atoms with Gasteiger partial charge in [0, 0.05) is 58.7 Å². The summed E-state index contributed by atoms with van der Waals surface area (Å²) in [6, 6.07) is 0. The first-order chi connectivity index (χ1) is 20.4. The molecule has 0 rings (SSSR count). The Balaban J connectivity index is -0.000000847. The molecule has 0 saturated heterocycles. The second-order valence-corrected chi connectivity index (χ2v) is 7.93. The number of carbonyl (C=O) groups excluding carboxylic acids is 6. The predicted molar refractivity (Wildman–Crippen MR) is 153 cm³/mol. The SMILES string of the molecule is C=O.CCNC(=O)OCC(COC(=O)NCC)OCCCC(=O)NCCCC=O.[3H]SONCCCCOCCC=O. The van der Waals surface area contributed by atoms with Crippen LogP contribution in [-0.2, 0) is 42.4 Å². The molecule has 16 heteroatoms. The number of ether oxygens (including phenoxy) is 4. The van der Waals surface area contributed by atoms with Crippen molar-refractivity contribution in [2.24, 2.45) is 0 Å². The quantitative estimate of drug-likeness (QED) is 0.0325.